The molecule has 0 heterocycles. The zero-order valence-corrected chi connectivity index (χ0v) is 7.84. The van der Waals surface area contributed by atoms with Crippen molar-refractivity contribution in [3.05, 3.63) is 48.3 Å². The van der Waals surface area contributed by atoms with Gasteiger partial charge in [-0.2, -0.15) is 0 Å². The Morgan fingerprint density at radius 2 is 1.40 bits per heavy atom. The second-order valence-corrected chi connectivity index (χ2v) is 2.81. The van der Waals surface area contributed by atoms with Gasteiger partial charge in [-0.1, -0.05) is 36.4 Å². The number of hydrogen-bond donors (Lipinski definition) is 3. The van der Waals surface area contributed by atoms with E-state index in [9.17, 15) is 4.39 Å². The van der Waals surface area contributed by atoms with Crippen LogP contribution in [0.1, 0.15) is 0 Å². The van der Waals surface area contributed by atoms with Crippen molar-refractivity contribution in [3.63, 3.8) is 0 Å². The molecule has 0 aliphatic heterocycles. The summed E-state index contributed by atoms with van der Waals surface area (Å²) in [4.78, 5) is 0. The molecule has 0 radical (unpaired) electrons. The Labute approximate surface area is 86.6 Å². The fourth-order valence-electron chi connectivity index (χ4n) is 1.19. The Morgan fingerprint density at radius 3 is 2.00 bits per heavy atom. The summed E-state index contributed by atoms with van der Waals surface area (Å²) in [6.07, 6.45) is 0. The van der Waals surface area contributed by atoms with Crippen LogP contribution >= 0.6 is 0 Å². The van der Waals surface area contributed by atoms with Gasteiger partial charge in [0.25, 0.3) is 0 Å². The van der Waals surface area contributed by atoms with Crippen LogP contribution in [0.2, 0.25) is 0 Å². The van der Waals surface area contributed by atoms with E-state index in [0.717, 1.165) is 5.39 Å². The van der Waals surface area contributed by atoms with E-state index in [-0.39, 0.29) is 5.82 Å². The maximum absolute atomic E-state index is 13.0. The van der Waals surface area contributed by atoms with Gasteiger partial charge in [-0.15, -0.1) is 0 Å². The number of rotatable bonds is 0. The molecule has 3 nitrogen and oxygen atoms in total. The molecule has 0 amide bonds. The molecule has 0 aromatic heterocycles. The maximum atomic E-state index is 13.0. The lowest BCUT2D eigenvalue weighted by Gasteiger charge is -1.95. The lowest BCUT2D eigenvalue weighted by atomic mass is 10.1. The minimum atomic E-state index is -2.17. The molecule has 0 saturated heterocycles. The van der Waals surface area contributed by atoms with Gasteiger partial charge >= 0.3 is 7.32 Å². The molecule has 5 heteroatoms. The third-order valence-corrected chi connectivity index (χ3v) is 1.74. The van der Waals surface area contributed by atoms with E-state index in [0.29, 0.717) is 5.39 Å². The second-order valence-electron chi connectivity index (χ2n) is 2.81. The van der Waals surface area contributed by atoms with E-state index in [1.807, 2.05) is 24.3 Å². The van der Waals surface area contributed by atoms with Crippen molar-refractivity contribution in [1.29, 1.82) is 0 Å². The van der Waals surface area contributed by atoms with Crippen molar-refractivity contribution in [2.45, 2.75) is 0 Å². The average Bonchev–Trinajstić information content (AvgIpc) is 2.18. The molecule has 0 unspecified atom stereocenters. The Kier molecular flexibility index (Phi) is 4.24. The molecule has 0 spiro atoms. The third kappa shape index (κ3) is 3.67. The lowest BCUT2D eigenvalue weighted by Crippen LogP contribution is -2.07. The molecule has 0 saturated carbocycles. The molecule has 2 aromatic rings. The molecule has 2 rings (SSSR count). The molecular formula is C10H10BFO3. The zero-order chi connectivity index (χ0) is 11.3. The van der Waals surface area contributed by atoms with E-state index in [4.69, 9.17) is 15.1 Å². The highest BCUT2D eigenvalue weighted by Crippen LogP contribution is 2.15. The number of benzene rings is 2. The standard InChI is InChI=1S/C10H7F.BH3O3/c11-10-7-3-5-8-4-1-2-6-9(8)10;2-1(3)4/h1-7H;2-4H. The minimum absolute atomic E-state index is 0.150. The molecule has 0 aliphatic rings. The molecule has 3 N–H and O–H groups in total. The monoisotopic (exact) mass is 208 g/mol. The van der Waals surface area contributed by atoms with Gasteiger partial charge in [-0.05, 0) is 11.5 Å². The smallest absolute Gasteiger partial charge is 0.402 e. The summed E-state index contributed by atoms with van der Waals surface area (Å²) in [6, 6.07) is 12.5. The summed E-state index contributed by atoms with van der Waals surface area (Å²) < 4.78 is 13.0. The maximum Gasteiger partial charge on any atom is 0.631 e. The van der Waals surface area contributed by atoms with Crippen LogP contribution in [0.15, 0.2) is 42.5 Å². The van der Waals surface area contributed by atoms with Crippen LogP contribution in [-0.2, 0) is 0 Å². The molecule has 78 valence electrons. The van der Waals surface area contributed by atoms with Crippen LogP contribution < -0.4 is 0 Å². The summed E-state index contributed by atoms with van der Waals surface area (Å²) in [6.45, 7) is 0. The first-order valence-corrected chi connectivity index (χ1v) is 4.28. The fraction of sp³-hybridized carbons (Fsp3) is 0. The highest BCUT2D eigenvalue weighted by Gasteiger charge is 1.95. The van der Waals surface area contributed by atoms with Crippen molar-refractivity contribution < 1.29 is 19.5 Å². The number of hydrogen-bond acceptors (Lipinski definition) is 3. The first-order chi connectivity index (χ1) is 7.11. The summed E-state index contributed by atoms with van der Waals surface area (Å²) in [7, 11) is -2.17. The predicted octanol–water partition coefficient (Wildman–Crippen LogP) is 0.927. The van der Waals surface area contributed by atoms with Crippen LogP contribution in [0.5, 0.6) is 0 Å². The van der Waals surface area contributed by atoms with Gasteiger partial charge in [0, 0.05) is 5.39 Å². The summed E-state index contributed by atoms with van der Waals surface area (Å²) in [5, 5.41) is 23.1. The van der Waals surface area contributed by atoms with E-state index in [1.54, 1.807) is 12.1 Å². The number of halogens is 1. The molecule has 0 aliphatic carbocycles. The quantitative estimate of drug-likeness (QED) is 0.564. The van der Waals surface area contributed by atoms with Gasteiger partial charge in [0.05, 0.1) is 0 Å². The van der Waals surface area contributed by atoms with Crippen LogP contribution in [0.25, 0.3) is 10.8 Å². The van der Waals surface area contributed by atoms with Gasteiger partial charge in [-0.3, -0.25) is 0 Å². The predicted molar refractivity (Wildman–Crippen MR) is 56.3 cm³/mol. The van der Waals surface area contributed by atoms with Crippen molar-refractivity contribution in [1.82, 2.24) is 0 Å². The van der Waals surface area contributed by atoms with Crippen LogP contribution in [-0.4, -0.2) is 22.4 Å². The highest BCUT2D eigenvalue weighted by atomic mass is 19.1. The zero-order valence-electron chi connectivity index (χ0n) is 7.84. The summed E-state index contributed by atoms with van der Waals surface area (Å²) in [5.41, 5.74) is 0. The summed E-state index contributed by atoms with van der Waals surface area (Å²) >= 11 is 0. The minimum Gasteiger partial charge on any atom is -0.402 e. The highest BCUT2D eigenvalue weighted by molar-refractivity contribution is 6.30. The largest absolute Gasteiger partial charge is 0.631 e. The first-order valence-electron chi connectivity index (χ1n) is 4.28. The Balaban J connectivity index is 0.000000245. The molecule has 0 atom stereocenters. The normalized spacial score (nSPS) is 9.33. The van der Waals surface area contributed by atoms with Gasteiger partial charge in [-0.25, -0.2) is 4.39 Å². The summed E-state index contributed by atoms with van der Waals surface area (Å²) in [5.74, 6) is -0.150. The SMILES string of the molecule is Fc1cccc2ccccc12.OB(O)O. The molecular weight excluding hydrogens is 198 g/mol. The van der Waals surface area contributed by atoms with Crippen molar-refractivity contribution in [2.75, 3.05) is 0 Å². The van der Waals surface area contributed by atoms with Crippen LogP contribution in [0, 0.1) is 5.82 Å². The van der Waals surface area contributed by atoms with Gasteiger partial charge < -0.3 is 15.1 Å². The second kappa shape index (κ2) is 5.45. The first kappa shape index (κ1) is 11.6. The van der Waals surface area contributed by atoms with Gasteiger partial charge in [0.1, 0.15) is 5.82 Å². The van der Waals surface area contributed by atoms with Gasteiger partial charge in [0.15, 0.2) is 0 Å². The average molecular weight is 208 g/mol. The molecule has 15 heavy (non-hydrogen) atoms. The van der Waals surface area contributed by atoms with Crippen molar-refractivity contribution in [2.24, 2.45) is 0 Å². The van der Waals surface area contributed by atoms with E-state index >= 15 is 0 Å². The topological polar surface area (TPSA) is 60.7 Å². The van der Waals surface area contributed by atoms with Gasteiger partial charge in [0.2, 0.25) is 0 Å². The lowest BCUT2D eigenvalue weighted by molar-refractivity contribution is 0.278. The molecule has 0 bridgehead atoms. The van der Waals surface area contributed by atoms with Crippen LogP contribution in [0.4, 0.5) is 4.39 Å². The van der Waals surface area contributed by atoms with E-state index in [1.165, 1.54) is 6.07 Å². The fourth-order valence-corrected chi connectivity index (χ4v) is 1.19. The number of fused-ring (bicyclic) bond motifs is 1. The Hall–Kier alpha value is -1.43. The third-order valence-electron chi connectivity index (χ3n) is 1.74. The Morgan fingerprint density at radius 1 is 0.867 bits per heavy atom. The molecule has 2 aromatic carbocycles. The van der Waals surface area contributed by atoms with Crippen LogP contribution in [0.3, 0.4) is 0 Å². The van der Waals surface area contributed by atoms with Crippen molar-refractivity contribution >= 4 is 18.1 Å². The van der Waals surface area contributed by atoms with Crippen molar-refractivity contribution in [3.8, 4) is 0 Å². The Bertz CT molecular complexity index is 426. The van der Waals surface area contributed by atoms with E-state index in [2.05, 4.69) is 0 Å². The molecule has 0 fully saturated rings. The van der Waals surface area contributed by atoms with E-state index < -0.39 is 7.32 Å².